The molecule has 2 heterocycles. The molecule has 0 saturated carbocycles. The molecule has 0 spiro atoms. The van der Waals surface area contributed by atoms with Gasteiger partial charge in [-0.1, -0.05) is 30.3 Å². The number of aromatic nitrogens is 2. The third kappa shape index (κ3) is 3.84. The number of nitrogen functional groups attached to an aromatic ring is 2. The number of nitrogens with zero attached hydrogens (tertiary/aromatic N) is 2. The number of aryl methyl sites for hydroxylation is 1. The van der Waals surface area contributed by atoms with Gasteiger partial charge in [0.2, 0.25) is 11.9 Å². The molecule has 4 rings (SSSR count). The Bertz CT molecular complexity index is 1040. The van der Waals surface area contributed by atoms with E-state index in [1.165, 1.54) is 0 Å². The first-order chi connectivity index (χ1) is 14.5. The number of anilines is 3. The predicted octanol–water partition coefficient (Wildman–Crippen LogP) is 3.30. The molecule has 0 radical (unpaired) electrons. The minimum absolute atomic E-state index is 0.0439. The van der Waals surface area contributed by atoms with Crippen LogP contribution >= 0.6 is 0 Å². The molecule has 1 saturated heterocycles. The summed E-state index contributed by atoms with van der Waals surface area (Å²) >= 11 is 0. The minimum atomic E-state index is -0.659. The van der Waals surface area contributed by atoms with E-state index in [1.54, 1.807) is 18.5 Å². The van der Waals surface area contributed by atoms with Crippen LogP contribution in [0.3, 0.4) is 0 Å². The predicted molar refractivity (Wildman–Crippen MR) is 118 cm³/mol. The van der Waals surface area contributed by atoms with Crippen molar-refractivity contribution in [2.24, 2.45) is 0 Å². The van der Waals surface area contributed by atoms with Gasteiger partial charge >= 0.3 is 0 Å². The number of amides is 1. The van der Waals surface area contributed by atoms with Crippen molar-refractivity contribution in [3.8, 4) is 11.1 Å². The largest absolute Gasteiger partial charge is 0.398 e. The van der Waals surface area contributed by atoms with Crippen LogP contribution in [0.5, 0.6) is 0 Å². The van der Waals surface area contributed by atoms with E-state index in [9.17, 15) is 4.79 Å². The zero-order chi connectivity index (χ0) is 21.1. The second-order valence-corrected chi connectivity index (χ2v) is 7.63. The van der Waals surface area contributed by atoms with Gasteiger partial charge in [-0.2, -0.15) is 0 Å². The lowest BCUT2D eigenvalue weighted by Crippen LogP contribution is -2.44. The summed E-state index contributed by atoms with van der Waals surface area (Å²) in [4.78, 5) is 21.5. The van der Waals surface area contributed by atoms with E-state index in [2.05, 4.69) is 15.3 Å². The van der Waals surface area contributed by atoms with Gasteiger partial charge in [0.05, 0.1) is 5.41 Å². The van der Waals surface area contributed by atoms with Crippen LogP contribution in [-0.2, 0) is 14.9 Å². The molecule has 7 heteroatoms. The number of rotatable bonds is 4. The summed E-state index contributed by atoms with van der Waals surface area (Å²) < 4.78 is 5.56. The van der Waals surface area contributed by atoms with Gasteiger partial charge in [-0.25, -0.2) is 9.97 Å². The molecule has 0 bridgehead atoms. The summed E-state index contributed by atoms with van der Waals surface area (Å²) in [6.07, 6.45) is 4.61. The van der Waals surface area contributed by atoms with Crippen LogP contribution in [0.4, 0.5) is 17.3 Å². The van der Waals surface area contributed by atoms with Crippen LogP contribution in [0.2, 0.25) is 0 Å². The fourth-order valence-electron chi connectivity index (χ4n) is 3.80. The number of hydrogen-bond acceptors (Lipinski definition) is 6. The quantitative estimate of drug-likeness (QED) is 0.576. The van der Waals surface area contributed by atoms with Gasteiger partial charge in [0.1, 0.15) is 0 Å². The van der Waals surface area contributed by atoms with Crippen molar-refractivity contribution in [2.45, 2.75) is 25.2 Å². The number of nitrogens with two attached hydrogens (primary N) is 2. The van der Waals surface area contributed by atoms with Gasteiger partial charge in [-0.3, -0.25) is 4.79 Å². The number of benzene rings is 2. The van der Waals surface area contributed by atoms with Gasteiger partial charge in [0.25, 0.3) is 0 Å². The van der Waals surface area contributed by atoms with Gasteiger partial charge in [-0.15, -0.1) is 0 Å². The minimum Gasteiger partial charge on any atom is -0.398 e. The molecule has 5 N–H and O–H groups in total. The summed E-state index contributed by atoms with van der Waals surface area (Å²) in [6, 6.07) is 13.5. The van der Waals surface area contributed by atoms with Crippen molar-refractivity contribution >= 4 is 23.2 Å². The van der Waals surface area contributed by atoms with Crippen molar-refractivity contribution in [2.75, 3.05) is 30.0 Å². The monoisotopic (exact) mass is 403 g/mol. The van der Waals surface area contributed by atoms with Crippen LogP contribution in [0.1, 0.15) is 24.0 Å². The fourth-order valence-corrected chi connectivity index (χ4v) is 3.80. The Labute approximate surface area is 175 Å². The highest BCUT2D eigenvalue weighted by Gasteiger charge is 2.41. The van der Waals surface area contributed by atoms with Crippen molar-refractivity contribution < 1.29 is 9.53 Å². The normalized spacial score (nSPS) is 15.5. The molecule has 2 aromatic carbocycles. The lowest BCUT2D eigenvalue weighted by Gasteiger charge is -2.36. The lowest BCUT2D eigenvalue weighted by molar-refractivity contribution is -0.125. The molecule has 0 aliphatic carbocycles. The van der Waals surface area contributed by atoms with Crippen molar-refractivity contribution in [1.29, 1.82) is 0 Å². The average molecular weight is 403 g/mol. The summed E-state index contributed by atoms with van der Waals surface area (Å²) in [7, 11) is 0. The van der Waals surface area contributed by atoms with E-state index in [0.29, 0.717) is 37.4 Å². The zero-order valence-electron chi connectivity index (χ0n) is 16.9. The standard InChI is InChI=1S/C23H25N5O2/c1-15-2-7-19(12-20(15)24)28-21(29)23(8-10-30-11-9-23)18-5-3-16(4-6-18)17-13-26-22(25)27-14-17/h2-7,12-14H,8-11,24H2,1H3,(H,28,29)(H2,25,26,27). The first-order valence-corrected chi connectivity index (χ1v) is 9.92. The third-order valence-corrected chi connectivity index (χ3v) is 5.76. The molecule has 1 aliphatic heterocycles. The van der Waals surface area contributed by atoms with Crippen molar-refractivity contribution in [3.63, 3.8) is 0 Å². The Kier molecular flexibility index (Phi) is 5.37. The second-order valence-electron chi connectivity index (χ2n) is 7.63. The Balaban J connectivity index is 1.63. The number of carbonyl (C=O) groups is 1. The SMILES string of the molecule is Cc1ccc(NC(=O)C2(c3ccc(-c4cnc(N)nc4)cc3)CCOCC2)cc1N. The number of ether oxygens (including phenoxy) is 1. The Morgan fingerprint density at radius 3 is 2.30 bits per heavy atom. The van der Waals surface area contributed by atoms with Crippen LogP contribution in [0.25, 0.3) is 11.1 Å². The molecule has 3 aromatic rings. The summed E-state index contributed by atoms with van der Waals surface area (Å²) in [5, 5.41) is 3.06. The fraction of sp³-hybridized carbons (Fsp3) is 0.261. The molecule has 1 aromatic heterocycles. The number of carbonyl (C=O) groups excluding carboxylic acids is 1. The summed E-state index contributed by atoms with van der Waals surface area (Å²) in [5.74, 6) is 0.197. The van der Waals surface area contributed by atoms with E-state index < -0.39 is 5.41 Å². The first kappa shape index (κ1) is 19.8. The molecule has 30 heavy (non-hydrogen) atoms. The second kappa shape index (κ2) is 8.12. The van der Waals surface area contributed by atoms with Gasteiger partial charge in [0.15, 0.2) is 0 Å². The van der Waals surface area contributed by atoms with E-state index in [0.717, 1.165) is 22.3 Å². The van der Waals surface area contributed by atoms with Crippen LogP contribution < -0.4 is 16.8 Å². The lowest BCUT2D eigenvalue weighted by atomic mass is 9.73. The molecular weight excluding hydrogens is 378 g/mol. The summed E-state index contributed by atoms with van der Waals surface area (Å²) in [6.45, 7) is 3.02. The third-order valence-electron chi connectivity index (χ3n) is 5.76. The maximum Gasteiger partial charge on any atom is 0.235 e. The van der Waals surface area contributed by atoms with Gasteiger partial charge in [-0.05, 0) is 48.6 Å². The molecular formula is C23H25N5O2. The van der Waals surface area contributed by atoms with E-state index in [-0.39, 0.29) is 11.9 Å². The zero-order valence-corrected chi connectivity index (χ0v) is 16.9. The molecule has 0 unspecified atom stereocenters. The molecule has 0 atom stereocenters. The molecule has 1 amide bonds. The smallest absolute Gasteiger partial charge is 0.235 e. The molecule has 154 valence electrons. The van der Waals surface area contributed by atoms with E-state index in [1.807, 2.05) is 43.3 Å². The van der Waals surface area contributed by atoms with E-state index in [4.69, 9.17) is 16.2 Å². The highest BCUT2D eigenvalue weighted by Crippen LogP contribution is 2.37. The Hall–Kier alpha value is -3.45. The molecule has 7 nitrogen and oxygen atoms in total. The highest BCUT2D eigenvalue weighted by molar-refractivity contribution is 5.99. The maximum absolute atomic E-state index is 13.4. The van der Waals surface area contributed by atoms with Crippen LogP contribution in [0, 0.1) is 6.92 Å². The first-order valence-electron chi connectivity index (χ1n) is 9.92. The molecule has 1 fully saturated rings. The number of hydrogen-bond donors (Lipinski definition) is 3. The maximum atomic E-state index is 13.4. The summed E-state index contributed by atoms with van der Waals surface area (Å²) in [5.41, 5.74) is 16.1. The van der Waals surface area contributed by atoms with Crippen LogP contribution in [0.15, 0.2) is 54.9 Å². The van der Waals surface area contributed by atoms with Crippen molar-refractivity contribution in [1.82, 2.24) is 9.97 Å². The Morgan fingerprint density at radius 1 is 1.00 bits per heavy atom. The number of nitrogens with one attached hydrogen (secondary N) is 1. The van der Waals surface area contributed by atoms with Crippen LogP contribution in [-0.4, -0.2) is 29.1 Å². The average Bonchev–Trinajstić information content (AvgIpc) is 2.77. The Morgan fingerprint density at radius 2 is 1.67 bits per heavy atom. The highest BCUT2D eigenvalue weighted by atomic mass is 16.5. The topological polar surface area (TPSA) is 116 Å². The molecule has 1 aliphatic rings. The van der Waals surface area contributed by atoms with Gasteiger partial charge < -0.3 is 21.5 Å². The van der Waals surface area contributed by atoms with Gasteiger partial charge in [0, 0.05) is 42.5 Å². The van der Waals surface area contributed by atoms with Crippen molar-refractivity contribution in [3.05, 3.63) is 66.0 Å². The van der Waals surface area contributed by atoms with E-state index >= 15 is 0 Å².